The van der Waals surface area contributed by atoms with E-state index in [0.29, 0.717) is 28.3 Å². The molecule has 3 aromatic carbocycles. The van der Waals surface area contributed by atoms with Gasteiger partial charge < -0.3 is 14.8 Å². The van der Waals surface area contributed by atoms with E-state index in [0.717, 1.165) is 0 Å². The summed E-state index contributed by atoms with van der Waals surface area (Å²) < 4.78 is 23.6. The summed E-state index contributed by atoms with van der Waals surface area (Å²) in [7, 11) is 1.29. The van der Waals surface area contributed by atoms with E-state index in [4.69, 9.17) is 4.74 Å². The zero-order valence-electron chi connectivity index (χ0n) is 14.4. The summed E-state index contributed by atoms with van der Waals surface area (Å²) in [5.74, 6) is -0.570. The standard InChI is InChI=1S/C21H16FNO4/c1-26-21(25)15-11-9-14(10-12-15)20(24)23-18-7-2-3-8-19(18)27-17-6-4-5-16(22)13-17/h2-13H,1H3,(H,23,24). The Labute approximate surface area is 155 Å². The quantitative estimate of drug-likeness (QED) is 0.668. The first-order valence-electron chi connectivity index (χ1n) is 8.09. The molecule has 0 radical (unpaired) electrons. The van der Waals surface area contributed by atoms with E-state index >= 15 is 0 Å². The summed E-state index contributed by atoms with van der Waals surface area (Å²) >= 11 is 0. The van der Waals surface area contributed by atoms with Crippen LogP contribution in [-0.4, -0.2) is 19.0 Å². The number of rotatable bonds is 5. The Morgan fingerprint density at radius 1 is 0.889 bits per heavy atom. The number of anilines is 1. The van der Waals surface area contributed by atoms with Gasteiger partial charge in [-0.25, -0.2) is 9.18 Å². The number of carbonyl (C=O) groups excluding carboxylic acids is 2. The van der Waals surface area contributed by atoms with Crippen LogP contribution in [-0.2, 0) is 4.74 Å². The third-order valence-electron chi connectivity index (χ3n) is 3.73. The van der Waals surface area contributed by atoms with Gasteiger partial charge in [-0.1, -0.05) is 18.2 Å². The van der Waals surface area contributed by atoms with Gasteiger partial charge in [0.05, 0.1) is 18.4 Å². The summed E-state index contributed by atoms with van der Waals surface area (Å²) in [5.41, 5.74) is 1.15. The van der Waals surface area contributed by atoms with Crippen molar-refractivity contribution < 1.29 is 23.5 Å². The number of hydrogen-bond donors (Lipinski definition) is 1. The average Bonchev–Trinajstić information content (AvgIpc) is 2.69. The number of carbonyl (C=O) groups is 2. The van der Waals surface area contributed by atoms with Crippen LogP contribution in [0, 0.1) is 5.82 Å². The Balaban J connectivity index is 1.77. The van der Waals surface area contributed by atoms with Crippen LogP contribution in [0.5, 0.6) is 11.5 Å². The zero-order chi connectivity index (χ0) is 19.2. The van der Waals surface area contributed by atoms with E-state index in [1.807, 2.05) is 0 Å². The van der Waals surface area contributed by atoms with E-state index in [1.165, 1.54) is 49.6 Å². The van der Waals surface area contributed by atoms with Crippen molar-refractivity contribution in [2.24, 2.45) is 0 Å². The Kier molecular flexibility index (Phi) is 5.47. The van der Waals surface area contributed by atoms with Crippen molar-refractivity contribution in [2.75, 3.05) is 12.4 Å². The number of amides is 1. The first-order valence-corrected chi connectivity index (χ1v) is 8.09. The Morgan fingerprint density at radius 2 is 1.59 bits per heavy atom. The van der Waals surface area contributed by atoms with Gasteiger partial charge in [-0.05, 0) is 48.5 Å². The first-order chi connectivity index (χ1) is 13.1. The summed E-state index contributed by atoms with van der Waals surface area (Å²) in [4.78, 5) is 23.9. The second-order valence-electron chi connectivity index (χ2n) is 5.58. The highest BCUT2D eigenvalue weighted by Gasteiger charge is 2.12. The fraction of sp³-hybridized carbons (Fsp3) is 0.0476. The van der Waals surface area contributed by atoms with Crippen LogP contribution >= 0.6 is 0 Å². The predicted molar refractivity (Wildman–Crippen MR) is 98.7 cm³/mol. The fourth-order valence-corrected chi connectivity index (χ4v) is 2.39. The molecule has 0 spiro atoms. The highest BCUT2D eigenvalue weighted by Crippen LogP contribution is 2.29. The number of methoxy groups -OCH3 is 1. The van der Waals surface area contributed by atoms with E-state index in [9.17, 15) is 14.0 Å². The molecule has 136 valence electrons. The second kappa shape index (κ2) is 8.14. The van der Waals surface area contributed by atoms with Crippen LogP contribution in [0.4, 0.5) is 10.1 Å². The van der Waals surface area contributed by atoms with Crippen molar-refractivity contribution >= 4 is 17.6 Å². The molecule has 1 N–H and O–H groups in total. The highest BCUT2D eigenvalue weighted by atomic mass is 19.1. The Bertz CT molecular complexity index is 970. The van der Waals surface area contributed by atoms with Crippen LogP contribution in [0.3, 0.4) is 0 Å². The predicted octanol–water partition coefficient (Wildman–Crippen LogP) is 4.66. The first kappa shape index (κ1) is 18.1. The maximum atomic E-state index is 13.3. The van der Waals surface area contributed by atoms with Gasteiger partial charge in [-0.2, -0.15) is 0 Å². The molecule has 0 unspecified atom stereocenters. The van der Waals surface area contributed by atoms with E-state index in [2.05, 4.69) is 10.1 Å². The van der Waals surface area contributed by atoms with Crippen LogP contribution in [0.25, 0.3) is 0 Å². The summed E-state index contributed by atoms with van der Waals surface area (Å²) in [6, 6.07) is 18.6. The molecule has 1 amide bonds. The molecule has 0 heterocycles. The Hall–Kier alpha value is -3.67. The van der Waals surface area contributed by atoms with E-state index < -0.39 is 11.8 Å². The van der Waals surface area contributed by atoms with Gasteiger partial charge >= 0.3 is 5.97 Å². The van der Waals surface area contributed by atoms with Gasteiger partial charge in [-0.3, -0.25) is 4.79 Å². The maximum absolute atomic E-state index is 13.3. The second-order valence-corrected chi connectivity index (χ2v) is 5.58. The molecular formula is C21H16FNO4. The van der Waals surface area contributed by atoms with E-state index in [1.54, 1.807) is 30.3 Å². The number of esters is 1. The van der Waals surface area contributed by atoms with Gasteiger partial charge in [-0.15, -0.1) is 0 Å². The summed E-state index contributed by atoms with van der Waals surface area (Å²) in [6.45, 7) is 0. The van der Waals surface area contributed by atoms with Gasteiger partial charge in [0.15, 0.2) is 5.75 Å². The number of benzene rings is 3. The Morgan fingerprint density at radius 3 is 2.30 bits per heavy atom. The lowest BCUT2D eigenvalue weighted by Gasteiger charge is -2.12. The molecule has 0 aliphatic rings. The molecule has 0 fully saturated rings. The molecule has 3 rings (SSSR count). The van der Waals surface area contributed by atoms with Gasteiger partial charge in [0.25, 0.3) is 5.91 Å². The molecule has 0 aromatic heterocycles. The van der Waals surface area contributed by atoms with Gasteiger partial charge in [0.2, 0.25) is 0 Å². The molecule has 0 saturated carbocycles. The minimum absolute atomic E-state index is 0.319. The molecule has 0 aliphatic carbocycles. The largest absolute Gasteiger partial charge is 0.465 e. The number of halogens is 1. The van der Waals surface area contributed by atoms with Crippen molar-refractivity contribution in [3.8, 4) is 11.5 Å². The normalized spacial score (nSPS) is 10.1. The van der Waals surface area contributed by atoms with Crippen molar-refractivity contribution in [3.05, 3.63) is 89.7 Å². The molecule has 0 bridgehead atoms. The number of para-hydroxylation sites is 2. The molecule has 3 aromatic rings. The van der Waals surface area contributed by atoms with Crippen molar-refractivity contribution in [1.29, 1.82) is 0 Å². The lowest BCUT2D eigenvalue weighted by atomic mass is 10.1. The lowest BCUT2D eigenvalue weighted by molar-refractivity contribution is 0.0600. The molecule has 0 aliphatic heterocycles. The molecule has 5 nitrogen and oxygen atoms in total. The van der Waals surface area contributed by atoms with Crippen molar-refractivity contribution in [1.82, 2.24) is 0 Å². The molecular weight excluding hydrogens is 349 g/mol. The summed E-state index contributed by atoms with van der Waals surface area (Å²) in [6.07, 6.45) is 0. The molecule has 0 atom stereocenters. The number of hydrogen-bond acceptors (Lipinski definition) is 4. The number of nitrogens with one attached hydrogen (secondary N) is 1. The topological polar surface area (TPSA) is 64.6 Å². The fourth-order valence-electron chi connectivity index (χ4n) is 2.39. The monoisotopic (exact) mass is 365 g/mol. The summed E-state index contributed by atoms with van der Waals surface area (Å²) in [5, 5.41) is 2.75. The van der Waals surface area contributed by atoms with Crippen molar-refractivity contribution in [2.45, 2.75) is 0 Å². The highest BCUT2D eigenvalue weighted by molar-refractivity contribution is 6.05. The maximum Gasteiger partial charge on any atom is 0.337 e. The van der Waals surface area contributed by atoms with Crippen LogP contribution in [0.15, 0.2) is 72.8 Å². The minimum Gasteiger partial charge on any atom is -0.465 e. The van der Waals surface area contributed by atoms with Crippen LogP contribution < -0.4 is 10.1 Å². The SMILES string of the molecule is COC(=O)c1ccc(C(=O)Nc2ccccc2Oc2cccc(F)c2)cc1. The average molecular weight is 365 g/mol. The minimum atomic E-state index is -0.476. The van der Waals surface area contributed by atoms with Crippen LogP contribution in [0.2, 0.25) is 0 Å². The zero-order valence-corrected chi connectivity index (χ0v) is 14.4. The third kappa shape index (κ3) is 4.49. The van der Waals surface area contributed by atoms with Crippen molar-refractivity contribution in [3.63, 3.8) is 0 Å². The molecule has 27 heavy (non-hydrogen) atoms. The molecule has 6 heteroatoms. The lowest BCUT2D eigenvalue weighted by Crippen LogP contribution is -2.13. The molecule has 0 saturated heterocycles. The van der Waals surface area contributed by atoms with E-state index in [-0.39, 0.29) is 5.91 Å². The number of ether oxygens (including phenoxy) is 2. The third-order valence-corrected chi connectivity index (χ3v) is 3.73. The smallest absolute Gasteiger partial charge is 0.337 e. The van der Waals surface area contributed by atoms with Gasteiger partial charge in [0, 0.05) is 11.6 Å². The van der Waals surface area contributed by atoms with Crippen LogP contribution in [0.1, 0.15) is 20.7 Å². The van der Waals surface area contributed by atoms with Gasteiger partial charge in [0.1, 0.15) is 11.6 Å².